The van der Waals surface area contributed by atoms with Crippen molar-refractivity contribution in [2.75, 3.05) is 54.2 Å². The van der Waals surface area contributed by atoms with Gasteiger partial charge in [-0.25, -0.2) is 0 Å². The van der Waals surface area contributed by atoms with Crippen molar-refractivity contribution in [1.29, 1.82) is 0 Å². The maximum absolute atomic E-state index is 13.4. The number of rotatable bonds is 8. The molecule has 0 aromatic heterocycles. The van der Waals surface area contributed by atoms with E-state index in [0.717, 1.165) is 71.2 Å². The Morgan fingerprint density at radius 3 is 2.30 bits per heavy atom. The molecule has 0 spiro atoms. The predicted molar refractivity (Wildman–Crippen MR) is 181 cm³/mol. The molecule has 7 heteroatoms. The summed E-state index contributed by atoms with van der Waals surface area (Å²) in [6.07, 6.45) is 10.5. The van der Waals surface area contributed by atoms with Crippen LogP contribution in [0.1, 0.15) is 99.8 Å². The average Bonchev–Trinajstić information content (AvgIpc) is 3.00. The van der Waals surface area contributed by atoms with Crippen LogP contribution in [0.15, 0.2) is 11.6 Å². The maximum atomic E-state index is 13.4. The largest absolute Gasteiger partial charge is 0.481 e. The third kappa shape index (κ3) is 4.71. The number of carboxylic acids is 1. The first-order valence-electron chi connectivity index (χ1n) is 18.5. The van der Waals surface area contributed by atoms with Gasteiger partial charge in [0.15, 0.2) is 0 Å². The number of methoxy groups -OCH3 is 1. The normalized spacial score (nSPS) is 47.4. The van der Waals surface area contributed by atoms with E-state index >= 15 is 0 Å². The number of carbonyl (C=O) groups is 1. The fourth-order valence-electron chi connectivity index (χ4n) is 12.8. The minimum Gasteiger partial charge on any atom is -0.481 e. The van der Waals surface area contributed by atoms with E-state index < -0.39 is 5.97 Å². The van der Waals surface area contributed by atoms with Gasteiger partial charge in [0.25, 0.3) is 0 Å². The number of allylic oxidation sites excluding steroid dienone is 1. The molecule has 2 saturated heterocycles. The maximum Gasteiger partial charge on any atom is 0.307 e. The van der Waals surface area contributed by atoms with Gasteiger partial charge >= 0.3 is 5.97 Å². The van der Waals surface area contributed by atoms with Crippen LogP contribution in [0.3, 0.4) is 0 Å². The molecule has 262 valence electrons. The summed E-state index contributed by atoms with van der Waals surface area (Å²) in [6.45, 7) is 20.0. The standard InChI is InChI=1S/C39H65NO6/c1-25(2)26(3)34(4)15-16-36(6)27-11-12-30-35(5)22-45-24-39(30,28(27)13-14-37(36,7)31(34)33(41)42)21-29(43-10)32(35)46-23-38(40(8)9)17-19-44-20-18-38/h13,25-27,29-32H,11-12,14-24H2,1-10H3,(H,41,42)/t26-,27+,29-,30+,31-,32+,34-,35+,36-,37+,39+/m1/s1. The van der Waals surface area contributed by atoms with Crippen LogP contribution < -0.4 is 0 Å². The van der Waals surface area contributed by atoms with E-state index in [1.54, 1.807) is 5.57 Å². The van der Waals surface area contributed by atoms with Gasteiger partial charge in [0.2, 0.25) is 0 Å². The summed E-state index contributed by atoms with van der Waals surface area (Å²) in [4.78, 5) is 15.7. The molecule has 6 aliphatic rings. The minimum atomic E-state index is -0.599. The van der Waals surface area contributed by atoms with E-state index in [0.29, 0.717) is 36.9 Å². The molecule has 1 N–H and O–H groups in total. The van der Waals surface area contributed by atoms with Gasteiger partial charge in [-0.05, 0) is 105 Å². The van der Waals surface area contributed by atoms with Crippen molar-refractivity contribution in [3.63, 3.8) is 0 Å². The Morgan fingerprint density at radius 2 is 1.70 bits per heavy atom. The van der Waals surface area contributed by atoms with Crippen molar-refractivity contribution in [2.45, 2.75) is 118 Å². The number of carboxylic acid groups (broad SMARTS) is 1. The fraction of sp³-hybridized carbons (Fsp3) is 0.923. The number of hydrogen-bond acceptors (Lipinski definition) is 6. The first-order chi connectivity index (χ1) is 21.6. The van der Waals surface area contributed by atoms with Gasteiger partial charge in [0.1, 0.15) is 0 Å². The number of aliphatic carboxylic acids is 1. The van der Waals surface area contributed by atoms with E-state index in [-0.39, 0.29) is 50.7 Å². The zero-order chi connectivity index (χ0) is 33.5. The first kappa shape index (κ1) is 34.9. The molecule has 46 heavy (non-hydrogen) atoms. The highest BCUT2D eigenvalue weighted by Crippen LogP contribution is 2.75. The Bertz CT molecular complexity index is 1190. The molecule has 6 rings (SSSR count). The minimum absolute atomic E-state index is 0.0155. The van der Waals surface area contributed by atoms with E-state index in [1.165, 1.54) is 0 Å². The summed E-state index contributed by atoms with van der Waals surface area (Å²) in [5.74, 6) is 0.634. The Kier molecular flexibility index (Phi) is 8.95. The smallest absolute Gasteiger partial charge is 0.307 e. The van der Waals surface area contributed by atoms with E-state index in [1.807, 2.05) is 7.11 Å². The highest BCUT2D eigenvalue weighted by Gasteiger charge is 2.71. The Labute approximate surface area is 279 Å². The molecule has 2 bridgehead atoms. The van der Waals surface area contributed by atoms with Crippen molar-refractivity contribution < 1.29 is 28.8 Å². The van der Waals surface area contributed by atoms with Crippen LogP contribution in [0, 0.1) is 56.7 Å². The zero-order valence-corrected chi connectivity index (χ0v) is 30.7. The quantitative estimate of drug-likeness (QED) is 0.283. The third-order valence-corrected chi connectivity index (χ3v) is 16.3. The van der Waals surface area contributed by atoms with Crippen LogP contribution in [-0.4, -0.2) is 88.0 Å². The molecule has 7 nitrogen and oxygen atoms in total. The molecule has 0 radical (unpaired) electrons. The summed E-state index contributed by atoms with van der Waals surface area (Å²) in [5, 5.41) is 11.0. The summed E-state index contributed by atoms with van der Waals surface area (Å²) in [6, 6.07) is 0. The summed E-state index contributed by atoms with van der Waals surface area (Å²) < 4.78 is 25.9. The molecule has 0 aromatic carbocycles. The molecule has 2 heterocycles. The zero-order valence-electron chi connectivity index (χ0n) is 30.7. The van der Waals surface area contributed by atoms with Crippen LogP contribution in [0.4, 0.5) is 0 Å². The SMILES string of the molecule is CO[C@@H]1C[C@@]23COC[C@@](C)([C@@H]2CC[C@H]2C3=CC[C@@]3(C)[C@H](C(=O)O)[C@@](C)([C@H](C)C(C)C)CC[C@]23C)[C@H]1OCC1(N(C)C)CCOCC1. The van der Waals surface area contributed by atoms with Crippen molar-refractivity contribution in [2.24, 2.45) is 56.7 Å². The molecule has 4 aliphatic carbocycles. The second-order valence-electron chi connectivity index (χ2n) is 18.3. The number of fused-ring (bicyclic) bond motifs is 3. The Hall–Kier alpha value is -0.990. The summed E-state index contributed by atoms with van der Waals surface area (Å²) >= 11 is 0. The average molecular weight is 644 g/mol. The van der Waals surface area contributed by atoms with Gasteiger partial charge in [-0.1, -0.05) is 60.1 Å². The lowest BCUT2D eigenvalue weighted by Crippen LogP contribution is -2.70. The number of likely N-dealkylation sites (N-methyl/N-ethyl adjacent to an activating group) is 1. The second kappa shape index (κ2) is 11.8. The van der Waals surface area contributed by atoms with Crippen molar-refractivity contribution in [1.82, 2.24) is 4.90 Å². The van der Waals surface area contributed by atoms with Crippen molar-refractivity contribution in [3.8, 4) is 0 Å². The molecule has 0 amide bonds. The van der Waals surface area contributed by atoms with Gasteiger partial charge in [0.05, 0.1) is 37.9 Å². The second-order valence-corrected chi connectivity index (χ2v) is 18.3. The number of nitrogens with zero attached hydrogens (tertiary/aromatic N) is 1. The van der Waals surface area contributed by atoms with Gasteiger partial charge < -0.3 is 29.0 Å². The fourth-order valence-corrected chi connectivity index (χ4v) is 12.8. The monoisotopic (exact) mass is 643 g/mol. The first-order valence-corrected chi connectivity index (χ1v) is 18.5. The van der Waals surface area contributed by atoms with Crippen molar-refractivity contribution >= 4 is 5.97 Å². The molecular weight excluding hydrogens is 578 g/mol. The van der Waals surface area contributed by atoms with Crippen molar-refractivity contribution in [3.05, 3.63) is 11.6 Å². The highest BCUT2D eigenvalue weighted by molar-refractivity contribution is 5.73. The molecule has 11 atom stereocenters. The third-order valence-electron chi connectivity index (χ3n) is 16.3. The van der Waals surface area contributed by atoms with Gasteiger partial charge in [0, 0.05) is 36.7 Å². The van der Waals surface area contributed by atoms with Crippen LogP contribution in [-0.2, 0) is 23.7 Å². The lowest BCUT2D eigenvalue weighted by Gasteiger charge is -2.71. The Balaban J connectivity index is 1.36. The van der Waals surface area contributed by atoms with Gasteiger partial charge in [-0.3, -0.25) is 4.79 Å². The molecular formula is C39H65NO6. The topological polar surface area (TPSA) is 77.5 Å². The van der Waals surface area contributed by atoms with E-state index in [2.05, 4.69) is 73.5 Å². The lowest BCUT2D eigenvalue weighted by molar-refractivity contribution is -0.272. The van der Waals surface area contributed by atoms with Crippen LogP contribution >= 0.6 is 0 Å². The van der Waals surface area contributed by atoms with E-state index in [9.17, 15) is 9.90 Å². The van der Waals surface area contributed by atoms with E-state index in [4.69, 9.17) is 18.9 Å². The van der Waals surface area contributed by atoms with Crippen LogP contribution in [0.2, 0.25) is 0 Å². The van der Waals surface area contributed by atoms with Gasteiger partial charge in [-0.15, -0.1) is 0 Å². The molecule has 0 aromatic rings. The number of ether oxygens (including phenoxy) is 4. The molecule has 5 fully saturated rings. The predicted octanol–water partition coefficient (Wildman–Crippen LogP) is 7.09. The molecule has 3 saturated carbocycles. The Morgan fingerprint density at radius 1 is 1.00 bits per heavy atom. The molecule has 2 aliphatic heterocycles. The molecule has 0 unspecified atom stereocenters. The highest BCUT2D eigenvalue weighted by atomic mass is 16.5. The lowest BCUT2D eigenvalue weighted by atomic mass is 9.34. The van der Waals surface area contributed by atoms with Crippen LogP contribution in [0.5, 0.6) is 0 Å². The summed E-state index contributed by atoms with van der Waals surface area (Å²) in [5.41, 5.74) is 0.662. The van der Waals surface area contributed by atoms with Gasteiger partial charge in [-0.2, -0.15) is 0 Å². The number of hydrogen-bond donors (Lipinski definition) is 1. The van der Waals surface area contributed by atoms with Crippen LogP contribution in [0.25, 0.3) is 0 Å². The summed E-state index contributed by atoms with van der Waals surface area (Å²) in [7, 11) is 6.23.